The van der Waals surface area contributed by atoms with Crippen LogP contribution in [-0.4, -0.2) is 18.7 Å². The third-order valence-corrected chi connectivity index (χ3v) is 9.18. The Kier molecular flexibility index (Phi) is 20.2. The van der Waals surface area contributed by atoms with E-state index in [2.05, 4.69) is 50.2 Å². The lowest BCUT2D eigenvalue weighted by Gasteiger charge is -2.13. The fraction of sp³-hybridized carbons (Fsp3) is 0.568. The number of carbonyl (C=O) groups excluding carboxylic acids is 1. The summed E-state index contributed by atoms with van der Waals surface area (Å²) < 4.78 is 17.6. The second-order valence-electron chi connectivity index (χ2n) is 13.5. The summed E-state index contributed by atoms with van der Waals surface area (Å²) in [5.41, 5.74) is 3.88. The predicted molar refractivity (Wildman–Crippen MR) is 202 cm³/mol. The Labute approximate surface area is 293 Å². The fourth-order valence-electron chi connectivity index (χ4n) is 6.05. The second-order valence-corrected chi connectivity index (χ2v) is 13.5. The normalized spacial score (nSPS) is 11.7. The number of hydrogen-bond acceptors (Lipinski definition) is 4. The average Bonchev–Trinajstić information content (AvgIpc) is 3.11. The van der Waals surface area contributed by atoms with E-state index in [1.807, 2.05) is 43.3 Å². The van der Waals surface area contributed by atoms with E-state index in [1.54, 1.807) is 0 Å². The first-order valence-electron chi connectivity index (χ1n) is 19.3. The molecule has 48 heavy (non-hydrogen) atoms. The summed E-state index contributed by atoms with van der Waals surface area (Å²) in [6.07, 6.45) is 24.8. The molecule has 1 unspecified atom stereocenters. The van der Waals surface area contributed by atoms with Gasteiger partial charge in [-0.25, -0.2) is 4.79 Å². The summed E-state index contributed by atoms with van der Waals surface area (Å²) >= 11 is 0. The van der Waals surface area contributed by atoms with Gasteiger partial charge in [-0.2, -0.15) is 0 Å². The molecule has 1 atom stereocenters. The molecule has 4 nitrogen and oxygen atoms in total. The molecule has 0 fully saturated rings. The average molecular weight is 657 g/mol. The zero-order valence-electron chi connectivity index (χ0n) is 30.5. The van der Waals surface area contributed by atoms with Crippen LogP contribution in [0.15, 0.2) is 72.8 Å². The SMILES string of the molecule is CCCCCCCCCCCCCCCCOc1ccc(-c2ccc(OCc3ccc(C(=O)OC(C)CCCCCC)cc3)cc2)cc1. The highest BCUT2D eigenvalue weighted by molar-refractivity contribution is 5.89. The van der Waals surface area contributed by atoms with Crippen LogP contribution >= 0.6 is 0 Å². The highest BCUT2D eigenvalue weighted by Gasteiger charge is 2.12. The molecule has 0 aliphatic rings. The molecule has 0 aliphatic carbocycles. The van der Waals surface area contributed by atoms with E-state index in [0.717, 1.165) is 54.1 Å². The molecule has 264 valence electrons. The smallest absolute Gasteiger partial charge is 0.338 e. The number of hydrogen-bond donors (Lipinski definition) is 0. The van der Waals surface area contributed by atoms with Crippen LogP contribution in [-0.2, 0) is 11.3 Å². The van der Waals surface area contributed by atoms with Crippen molar-refractivity contribution in [3.8, 4) is 22.6 Å². The van der Waals surface area contributed by atoms with Gasteiger partial charge in [-0.1, -0.05) is 153 Å². The van der Waals surface area contributed by atoms with Gasteiger partial charge >= 0.3 is 5.97 Å². The molecule has 0 N–H and O–H groups in total. The summed E-state index contributed by atoms with van der Waals surface area (Å²) in [6, 6.07) is 24.1. The molecule has 0 aliphatic heterocycles. The summed E-state index contributed by atoms with van der Waals surface area (Å²) in [7, 11) is 0. The van der Waals surface area contributed by atoms with E-state index < -0.39 is 0 Å². The lowest BCUT2D eigenvalue weighted by molar-refractivity contribution is 0.0319. The van der Waals surface area contributed by atoms with Crippen LogP contribution in [0.2, 0.25) is 0 Å². The summed E-state index contributed by atoms with van der Waals surface area (Å²) in [4.78, 5) is 12.5. The minimum atomic E-state index is -0.259. The van der Waals surface area contributed by atoms with E-state index in [0.29, 0.717) is 12.2 Å². The van der Waals surface area contributed by atoms with Crippen LogP contribution in [0.5, 0.6) is 11.5 Å². The lowest BCUT2D eigenvalue weighted by Crippen LogP contribution is -2.15. The van der Waals surface area contributed by atoms with Crippen molar-refractivity contribution in [3.05, 3.63) is 83.9 Å². The monoisotopic (exact) mass is 656 g/mol. The van der Waals surface area contributed by atoms with E-state index in [-0.39, 0.29) is 12.1 Å². The number of esters is 1. The number of carbonyl (C=O) groups is 1. The third-order valence-electron chi connectivity index (χ3n) is 9.18. The Morgan fingerprint density at radius 2 is 0.958 bits per heavy atom. The molecule has 4 heteroatoms. The van der Waals surface area contributed by atoms with E-state index in [9.17, 15) is 4.79 Å². The maximum atomic E-state index is 12.5. The Bertz CT molecular complexity index is 1220. The number of benzene rings is 3. The second kappa shape index (κ2) is 24.8. The Hall–Kier alpha value is -3.27. The first kappa shape index (κ1) is 39.2. The first-order chi connectivity index (χ1) is 23.6. The van der Waals surface area contributed by atoms with Gasteiger partial charge in [-0.15, -0.1) is 0 Å². The largest absolute Gasteiger partial charge is 0.494 e. The van der Waals surface area contributed by atoms with Crippen LogP contribution in [0.1, 0.15) is 159 Å². The zero-order valence-corrected chi connectivity index (χ0v) is 30.5. The van der Waals surface area contributed by atoms with Crippen molar-refractivity contribution in [2.24, 2.45) is 0 Å². The molecular weight excluding hydrogens is 592 g/mol. The van der Waals surface area contributed by atoms with Crippen molar-refractivity contribution in [3.63, 3.8) is 0 Å². The Balaban J connectivity index is 1.26. The number of unbranched alkanes of at least 4 members (excludes halogenated alkanes) is 16. The van der Waals surface area contributed by atoms with Crippen LogP contribution < -0.4 is 9.47 Å². The van der Waals surface area contributed by atoms with Crippen LogP contribution in [0, 0.1) is 0 Å². The van der Waals surface area contributed by atoms with Gasteiger partial charge in [0.05, 0.1) is 18.3 Å². The quantitative estimate of drug-likeness (QED) is 0.0605. The van der Waals surface area contributed by atoms with Gasteiger partial charge in [0.1, 0.15) is 18.1 Å². The van der Waals surface area contributed by atoms with Gasteiger partial charge in [-0.3, -0.25) is 0 Å². The van der Waals surface area contributed by atoms with Crippen molar-refractivity contribution in [2.75, 3.05) is 6.61 Å². The van der Waals surface area contributed by atoms with E-state index >= 15 is 0 Å². The Morgan fingerprint density at radius 1 is 0.521 bits per heavy atom. The third kappa shape index (κ3) is 16.7. The number of ether oxygens (including phenoxy) is 3. The topological polar surface area (TPSA) is 44.8 Å². The zero-order chi connectivity index (χ0) is 34.1. The lowest BCUT2D eigenvalue weighted by atomic mass is 10.0. The summed E-state index contributed by atoms with van der Waals surface area (Å²) in [5.74, 6) is 1.49. The molecular formula is C44H64O4. The molecule has 3 aromatic carbocycles. The summed E-state index contributed by atoms with van der Waals surface area (Å²) in [5, 5.41) is 0. The predicted octanol–water partition coefficient (Wildman–Crippen LogP) is 13.3. The van der Waals surface area contributed by atoms with Crippen LogP contribution in [0.4, 0.5) is 0 Å². The van der Waals surface area contributed by atoms with E-state index in [4.69, 9.17) is 14.2 Å². The molecule has 0 bridgehead atoms. The number of rotatable bonds is 27. The van der Waals surface area contributed by atoms with Crippen molar-refractivity contribution >= 4 is 5.97 Å². The highest BCUT2D eigenvalue weighted by Crippen LogP contribution is 2.25. The molecule has 0 aromatic heterocycles. The summed E-state index contributed by atoms with van der Waals surface area (Å²) in [6.45, 7) is 7.69. The maximum absolute atomic E-state index is 12.5. The van der Waals surface area contributed by atoms with Crippen molar-refractivity contribution in [1.29, 1.82) is 0 Å². The minimum Gasteiger partial charge on any atom is -0.494 e. The molecule has 3 aromatic rings. The Morgan fingerprint density at radius 3 is 1.46 bits per heavy atom. The van der Waals surface area contributed by atoms with Crippen molar-refractivity contribution < 1.29 is 19.0 Å². The van der Waals surface area contributed by atoms with Crippen LogP contribution in [0.25, 0.3) is 11.1 Å². The van der Waals surface area contributed by atoms with Crippen molar-refractivity contribution in [1.82, 2.24) is 0 Å². The highest BCUT2D eigenvalue weighted by atomic mass is 16.5. The minimum absolute atomic E-state index is 0.0599. The maximum Gasteiger partial charge on any atom is 0.338 e. The van der Waals surface area contributed by atoms with E-state index in [1.165, 1.54) is 103 Å². The molecule has 0 heterocycles. The van der Waals surface area contributed by atoms with Crippen molar-refractivity contribution in [2.45, 2.75) is 155 Å². The van der Waals surface area contributed by atoms with Gasteiger partial charge in [-0.05, 0) is 79.3 Å². The van der Waals surface area contributed by atoms with Gasteiger partial charge in [0, 0.05) is 0 Å². The molecule has 0 saturated heterocycles. The first-order valence-corrected chi connectivity index (χ1v) is 19.3. The van der Waals surface area contributed by atoms with Gasteiger partial charge in [0.15, 0.2) is 0 Å². The molecule has 3 rings (SSSR count). The molecule has 0 saturated carbocycles. The molecule has 0 spiro atoms. The van der Waals surface area contributed by atoms with Crippen LogP contribution in [0.3, 0.4) is 0 Å². The van der Waals surface area contributed by atoms with Gasteiger partial charge in [0.25, 0.3) is 0 Å². The standard InChI is InChI=1S/C44H64O4/c1-4-6-8-10-11-12-13-14-15-16-17-18-19-21-35-46-42-31-27-39(28-32-42)40-29-33-43(34-30-40)47-36-38-23-25-41(26-24-38)44(45)48-37(3)22-20-9-7-5-2/h23-34,37H,4-22,35-36H2,1-3H3. The van der Waals surface area contributed by atoms with Gasteiger partial charge < -0.3 is 14.2 Å². The molecule has 0 amide bonds. The van der Waals surface area contributed by atoms with Gasteiger partial charge in [0.2, 0.25) is 0 Å². The fourth-order valence-corrected chi connectivity index (χ4v) is 6.05. The molecule has 0 radical (unpaired) electrons.